The minimum atomic E-state index is 0.792. The van der Waals surface area contributed by atoms with Crippen LogP contribution in [0.15, 0.2) is 67.4 Å². The maximum atomic E-state index is 5.45. The van der Waals surface area contributed by atoms with Gasteiger partial charge in [-0.3, -0.25) is 0 Å². The first kappa shape index (κ1) is 13.6. The van der Waals surface area contributed by atoms with Gasteiger partial charge in [0.2, 0.25) is 0 Å². The van der Waals surface area contributed by atoms with E-state index in [1.807, 2.05) is 60.7 Å². The van der Waals surface area contributed by atoms with Crippen LogP contribution in [0.3, 0.4) is 0 Å². The summed E-state index contributed by atoms with van der Waals surface area (Å²) >= 11 is 0. The molecule has 2 rings (SSSR count). The summed E-state index contributed by atoms with van der Waals surface area (Å²) < 4.78 is 0. The van der Waals surface area contributed by atoms with E-state index in [1.165, 1.54) is 6.20 Å². The molecule has 0 fully saturated rings. The van der Waals surface area contributed by atoms with Gasteiger partial charge < -0.3 is 11.5 Å². The number of hydrogen-bond donors (Lipinski definition) is 2. The quantitative estimate of drug-likeness (QED) is 0.786. The Kier molecular flexibility index (Phi) is 5.84. The molecule has 0 spiro atoms. The molecule has 0 atom stereocenters. The fourth-order valence-electron chi connectivity index (χ4n) is 1.31. The van der Waals surface area contributed by atoms with E-state index in [0.29, 0.717) is 0 Å². The molecule has 2 heteroatoms. The number of nitrogen functional groups attached to an aromatic ring is 1. The second-order valence-electron chi connectivity index (χ2n) is 3.64. The lowest BCUT2D eigenvalue weighted by molar-refractivity contribution is 1.60. The lowest BCUT2D eigenvalue weighted by atomic mass is 10.2. The molecule has 0 saturated heterocycles. The fourth-order valence-corrected chi connectivity index (χ4v) is 1.31. The zero-order valence-corrected chi connectivity index (χ0v) is 10.3. The van der Waals surface area contributed by atoms with Crippen molar-refractivity contribution in [2.45, 2.75) is 0 Å². The van der Waals surface area contributed by atoms with E-state index < -0.39 is 0 Å². The molecule has 0 heterocycles. The van der Waals surface area contributed by atoms with Crippen molar-refractivity contribution in [3.63, 3.8) is 0 Å². The van der Waals surface area contributed by atoms with E-state index in [2.05, 4.69) is 6.58 Å². The van der Waals surface area contributed by atoms with Gasteiger partial charge >= 0.3 is 0 Å². The molecule has 0 bridgehead atoms. The van der Waals surface area contributed by atoms with Gasteiger partial charge in [0.1, 0.15) is 0 Å². The molecule has 0 radical (unpaired) electrons. The summed E-state index contributed by atoms with van der Waals surface area (Å²) in [7, 11) is 0. The zero-order chi connectivity index (χ0) is 13.2. The summed E-state index contributed by atoms with van der Waals surface area (Å²) in [6, 6.07) is 17.5. The van der Waals surface area contributed by atoms with Gasteiger partial charge in [-0.1, -0.05) is 55.1 Å². The Morgan fingerprint density at radius 1 is 0.833 bits per heavy atom. The first-order valence-electron chi connectivity index (χ1n) is 5.67. The van der Waals surface area contributed by atoms with Crippen molar-refractivity contribution in [2.24, 2.45) is 5.73 Å². The third-order valence-electron chi connectivity index (χ3n) is 2.26. The van der Waals surface area contributed by atoms with E-state index >= 15 is 0 Å². The lowest BCUT2D eigenvalue weighted by Crippen LogP contribution is -1.81. The molecule has 0 saturated carbocycles. The van der Waals surface area contributed by atoms with Crippen LogP contribution >= 0.6 is 0 Å². The Hall–Kier alpha value is -2.48. The third-order valence-corrected chi connectivity index (χ3v) is 2.26. The van der Waals surface area contributed by atoms with Crippen molar-refractivity contribution in [3.05, 3.63) is 78.5 Å². The van der Waals surface area contributed by atoms with E-state index in [1.54, 1.807) is 6.08 Å². The van der Waals surface area contributed by atoms with Crippen LogP contribution in [-0.2, 0) is 0 Å². The highest BCUT2D eigenvalue weighted by molar-refractivity contribution is 5.51. The van der Waals surface area contributed by atoms with E-state index in [9.17, 15) is 0 Å². The van der Waals surface area contributed by atoms with Gasteiger partial charge in [-0.2, -0.15) is 0 Å². The monoisotopic (exact) mass is 238 g/mol. The van der Waals surface area contributed by atoms with Crippen LogP contribution < -0.4 is 11.5 Å². The average Bonchev–Trinajstić information content (AvgIpc) is 2.42. The molecule has 0 aromatic heterocycles. The number of anilines is 1. The fraction of sp³-hybridized carbons (Fsp3) is 0. The predicted octanol–water partition coefficient (Wildman–Crippen LogP) is 3.53. The second-order valence-corrected chi connectivity index (χ2v) is 3.64. The Morgan fingerprint density at radius 2 is 1.44 bits per heavy atom. The molecule has 0 aliphatic carbocycles. The van der Waals surface area contributed by atoms with Gasteiger partial charge in [0.25, 0.3) is 0 Å². The summed E-state index contributed by atoms with van der Waals surface area (Å²) in [6.45, 7) is 3.62. The molecular formula is C16H18N2. The van der Waals surface area contributed by atoms with Crippen molar-refractivity contribution < 1.29 is 0 Å². The highest BCUT2D eigenvalue weighted by Gasteiger charge is 1.82. The minimum Gasteiger partial charge on any atom is -0.405 e. The van der Waals surface area contributed by atoms with Gasteiger partial charge in [-0.15, -0.1) is 0 Å². The molecule has 92 valence electrons. The normalized spacial score (nSPS) is 9.56. The molecule has 0 amide bonds. The second kappa shape index (κ2) is 7.74. The zero-order valence-electron chi connectivity index (χ0n) is 10.3. The van der Waals surface area contributed by atoms with Crippen molar-refractivity contribution in [1.82, 2.24) is 0 Å². The van der Waals surface area contributed by atoms with Crippen LogP contribution in [0, 0.1) is 0 Å². The predicted molar refractivity (Wildman–Crippen MR) is 80.6 cm³/mol. The van der Waals surface area contributed by atoms with Crippen molar-refractivity contribution >= 4 is 17.8 Å². The number of benzene rings is 2. The van der Waals surface area contributed by atoms with Crippen LogP contribution in [-0.4, -0.2) is 0 Å². The summed E-state index contributed by atoms with van der Waals surface area (Å²) in [5.74, 6) is 0. The molecule has 2 aromatic rings. The van der Waals surface area contributed by atoms with Crippen LogP contribution in [0.5, 0.6) is 0 Å². The minimum absolute atomic E-state index is 0.792. The molecule has 0 aliphatic rings. The first-order chi connectivity index (χ1) is 8.76. The highest BCUT2D eigenvalue weighted by atomic mass is 14.5. The summed E-state index contributed by atoms with van der Waals surface area (Å²) in [5, 5.41) is 0. The molecular weight excluding hydrogens is 220 g/mol. The van der Waals surface area contributed by atoms with Gasteiger partial charge in [0.05, 0.1) is 0 Å². The van der Waals surface area contributed by atoms with E-state index in [4.69, 9.17) is 11.5 Å². The Bertz CT molecular complexity index is 484. The number of hydrogen-bond acceptors (Lipinski definition) is 2. The molecule has 4 N–H and O–H groups in total. The highest BCUT2D eigenvalue weighted by Crippen LogP contribution is 2.05. The maximum absolute atomic E-state index is 5.45. The largest absolute Gasteiger partial charge is 0.405 e. The van der Waals surface area contributed by atoms with Crippen molar-refractivity contribution in [1.29, 1.82) is 0 Å². The summed E-state index contributed by atoms with van der Waals surface area (Å²) in [6.07, 6.45) is 5.19. The maximum Gasteiger partial charge on any atom is 0.0314 e. The molecule has 2 nitrogen and oxygen atoms in total. The van der Waals surface area contributed by atoms with Gasteiger partial charge in [-0.05, 0) is 35.5 Å². The van der Waals surface area contributed by atoms with Crippen LogP contribution in [0.4, 0.5) is 5.69 Å². The van der Waals surface area contributed by atoms with E-state index in [0.717, 1.165) is 16.8 Å². The summed E-state index contributed by atoms with van der Waals surface area (Å²) in [4.78, 5) is 0. The average molecular weight is 238 g/mol. The Balaban J connectivity index is 0.000000180. The smallest absolute Gasteiger partial charge is 0.0314 e. The van der Waals surface area contributed by atoms with E-state index in [-0.39, 0.29) is 0 Å². The number of nitrogens with two attached hydrogens (primary N) is 2. The molecule has 18 heavy (non-hydrogen) atoms. The number of rotatable bonds is 2. The topological polar surface area (TPSA) is 52.0 Å². The first-order valence-corrected chi connectivity index (χ1v) is 5.67. The molecule has 0 aliphatic heterocycles. The van der Waals surface area contributed by atoms with Crippen molar-refractivity contribution in [3.8, 4) is 0 Å². The summed E-state index contributed by atoms with van der Waals surface area (Å²) in [5.41, 5.74) is 13.7. The lowest BCUT2D eigenvalue weighted by Gasteiger charge is -1.91. The van der Waals surface area contributed by atoms with Crippen LogP contribution in [0.1, 0.15) is 11.1 Å². The van der Waals surface area contributed by atoms with Crippen molar-refractivity contribution in [2.75, 3.05) is 5.73 Å². The Labute approximate surface area is 108 Å². The SMILES string of the molecule is C=Cc1ccc(N)cc1.NC=Cc1ccccc1. The third kappa shape index (κ3) is 5.03. The Morgan fingerprint density at radius 3 is 1.94 bits per heavy atom. The van der Waals surface area contributed by atoms with Gasteiger partial charge in [0.15, 0.2) is 0 Å². The van der Waals surface area contributed by atoms with Gasteiger partial charge in [0, 0.05) is 5.69 Å². The molecule has 2 aromatic carbocycles. The standard InChI is InChI=1S/2C8H9N/c1-2-7-3-5-8(9)6-4-7;9-7-6-8-4-2-1-3-5-8/h2-6H,1,9H2;1-7H,9H2. The molecule has 0 unspecified atom stereocenters. The van der Waals surface area contributed by atoms with Crippen LogP contribution in [0.2, 0.25) is 0 Å². The van der Waals surface area contributed by atoms with Crippen LogP contribution in [0.25, 0.3) is 12.2 Å². The van der Waals surface area contributed by atoms with Gasteiger partial charge in [-0.25, -0.2) is 0 Å².